The molecule has 124 valence electrons. The van der Waals surface area contributed by atoms with Crippen LogP contribution in [-0.4, -0.2) is 22.2 Å². The maximum absolute atomic E-state index is 11.7. The fourth-order valence-electron chi connectivity index (χ4n) is 3.99. The summed E-state index contributed by atoms with van der Waals surface area (Å²) in [6, 6.07) is 5.63. The molecule has 1 aromatic carbocycles. The number of carboxylic acid groups (broad SMARTS) is 1. The Labute approximate surface area is 137 Å². The molecule has 0 saturated heterocycles. The molecule has 0 radical (unpaired) electrons. The van der Waals surface area contributed by atoms with Crippen LogP contribution in [-0.2, 0) is 19.4 Å². The summed E-state index contributed by atoms with van der Waals surface area (Å²) in [4.78, 5) is 11.7. The van der Waals surface area contributed by atoms with Crippen molar-refractivity contribution in [1.82, 2.24) is 4.57 Å². The lowest BCUT2D eigenvalue weighted by molar-refractivity contribution is 0.0698. The highest BCUT2D eigenvalue weighted by Crippen LogP contribution is 2.41. The maximum Gasteiger partial charge on any atom is 0.337 e. The number of hydrogen-bond donors (Lipinski definition) is 2. The van der Waals surface area contributed by atoms with Crippen molar-refractivity contribution in [1.29, 1.82) is 0 Å². The van der Waals surface area contributed by atoms with Gasteiger partial charge in [-0.05, 0) is 42.2 Å². The van der Waals surface area contributed by atoms with Gasteiger partial charge in [-0.2, -0.15) is 0 Å². The summed E-state index contributed by atoms with van der Waals surface area (Å²) in [7, 11) is 0. The third-order valence-corrected chi connectivity index (χ3v) is 5.29. The molecule has 0 bridgehead atoms. The molecule has 23 heavy (non-hydrogen) atoms. The van der Waals surface area contributed by atoms with Crippen molar-refractivity contribution in [3.63, 3.8) is 0 Å². The summed E-state index contributed by atoms with van der Waals surface area (Å²) in [5.41, 5.74) is 9.93. The number of rotatable bonds is 3. The Morgan fingerprint density at radius 3 is 2.74 bits per heavy atom. The molecule has 4 nitrogen and oxygen atoms in total. The molecule has 1 aliphatic carbocycles. The van der Waals surface area contributed by atoms with Gasteiger partial charge < -0.3 is 15.4 Å². The number of para-hydroxylation sites is 1. The molecule has 1 heterocycles. The SMILES string of the molecule is CC(C)(C)C1CCc2c(c3cccc(C(=O)O)c3n2CCN)C1. The molecule has 1 atom stereocenters. The zero-order valence-corrected chi connectivity index (χ0v) is 14.2. The van der Waals surface area contributed by atoms with Crippen LogP contribution in [0.25, 0.3) is 10.9 Å². The molecule has 0 aliphatic heterocycles. The van der Waals surface area contributed by atoms with Gasteiger partial charge in [-0.3, -0.25) is 0 Å². The highest BCUT2D eigenvalue weighted by molar-refractivity contribution is 6.04. The predicted octanol–water partition coefficient (Wildman–Crippen LogP) is 3.45. The number of carboxylic acids is 1. The molecule has 3 rings (SSSR count). The zero-order valence-electron chi connectivity index (χ0n) is 14.2. The number of fused-ring (bicyclic) bond motifs is 3. The number of nitrogens with two attached hydrogens (primary N) is 1. The molecule has 2 aromatic rings. The Balaban J connectivity index is 2.23. The lowest BCUT2D eigenvalue weighted by Gasteiger charge is -2.34. The van der Waals surface area contributed by atoms with Crippen LogP contribution in [0.1, 0.15) is 48.8 Å². The molecule has 0 saturated carbocycles. The van der Waals surface area contributed by atoms with E-state index in [0.29, 0.717) is 24.6 Å². The first-order chi connectivity index (χ1) is 10.8. The Hall–Kier alpha value is -1.81. The van der Waals surface area contributed by atoms with Crippen LogP contribution in [0.3, 0.4) is 0 Å². The monoisotopic (exact) mass is 314 g/mol. The van der Waals surface area contributed by atoms with E-state index >= 15 is 0 Å². The third kappa shape index (κ3) is 2.65. The second kappa shape index (κ2) is 5.68. The van der Waals surface area contributed by atoms with E-state index in [1.165, 1.54) is 11.3 Å². The predicted molar refractivity (Wildman–Crippen MR) is 92.9 cm³/mol. The van der Waals surface area contributed by atoms with Gasteiger partial charge in [-0.15, -0.1) is 0 Å². The second-order valence-electron chi connectivity index (χ2n) is 7.68. The number of aromatic nitrogens is 1. The van der Waals surface area contributed by atoms with Gasteiger partial charge >= 0.3 is 5.97 Å². The van der Waals surface area contributed by atoms with E-state index in [-0.39, 0.29) is 5.41 Å². The third-order valence-electron chi connectivity index (χ3n) is 5.29. The molecule has 0 spiro atoms. The minimum Gasteiger partial charge on any atom is -0.478 e. The van der Waals surface area contributed by atoms with Crippen LogP contribution in [0.5, 0.6) is 0 Å². The van der Waals surface area contributed by atoms with Gasteiger partial charge in [0.2, 0.25) is 0 Å². The molecular weight excluding hydrogens is 288 g/mol. The smallest absolute Gasteiger partial charge is 0.337 e. The molecular formula is C19H26N2O2. The average Bonchev–Trinajstić information content (AvgIpc) is 2.80. The first-order valence-corrected chi connectivity index (χ1v) is 8.41. The molecule has 0 amide bonds. The lowest BCUT2D eigenvalue weighted by Crippen LogP contribution is -2.27. The largest absolute Gasteiger partial charge is 0.478 e. The van der Waals surface area contributed by atoms with Crippen LogP contribution >= 0.6 is 0 Å². The van der Waals surface area contributed by atoms with E-state index in [2.05, 4.69) is 31.4 Å². The van der Waals surface area contributed by atoms with Crippen molar-refractivity contribution in [2.45, 2.75) is 46.6 Å². The summed E-state index contributed by atoms with van der Waals surface area (Å²) in [5.74, 6) is -0.239. The van der Waals surface area contributed by atoms with Crippen molar-refractivity contribution >= 4 is 16.9 Å². The first-order valence-electron chi connectivity index (χ1n) is 8.41. The molecule has 3 N–H and O–H groups in total. The number of aromatic carboxylic acids is 1. The van der Waals surface area contributed by atoms with Crippen molar-refractivity contribution in [3.8, 4) is 0 Å². The first kappa shape index (κ1) is 16.1. The van der Waals surface area contributed by atoms with E-state index in [1.54, 1.807) is 6.07 Å². The van der Waals surface area contributed by atoms with Gasteiger partial charge in [0.05, 0.1) is 11.1 Å². The number of nitrogens with zero attached hydrogens (tertiary/aromatic N) is 1. The maximum atomic E-state index is 11.7. The Morgan fingerprint density at radius 1 is 1.39 bits per heavy atom. The molecule has 4 heteroatoms. The topological polar surface area (TPSA) is 68.2 Å². The van der Waals surface area contributed by atoms with E-state index in [0.717, 1.165) is 30.2 Å². The van der Waals surface area contributed by atoms with E-state index in [1.807, 2.05) is 6.07 Å². The van der Waals surface area contributed by atoms with Gasteiger partial charge in [0.15, 0.2) is 0 Å². The van der Waals surface area contributed by atoms with Gasteiger partial charge in [0, 0.05) is 24.2 Å². The van der Waals surface area contributed by atoms with E-state index < -0.39 is 5.97 Å². The van der Waals surface area contributed by atoms with Crippen molar-refractivity contribution in [2.75, 3.05) is 6.54 Å². The van der Waals surface area contributed by atoms with Crippen LogP contribution < -0.4 is 5.73 Å². The van der Waals surface area contributed by atoms with Crippen LogP contribution in [0.15, 0.2) is 18.2 Å². The number of hydrogen-bond acceptors (Lipinski definition) is 2. The summed E-state index contributed by atoms with van der Waals surface area (Å²) in [6.07, 6.45) is 3.18. The van der Waals surface area contributed by atoms with E-state index in [4.69, 9.17) is 5.73 Å². The minimum absolute atomic E-state index is 0.268. The summed E-state index contributed by atoms with van der Waals surface area (Å²) < 4.78 is 2.16. The van der Waals surface area contributed by atoms with Crippen LogP contribution in [0, 0.1) is 11.3 Å². The van der Waals surface area contributed by atoms with Gasteiger partial charge in [0.1, 0.15) is 0 Å². The fraction of sp³-hybridized carbons (Fsp3) is 0.526. The average molecular weight is 314 g/mol. The summed E-state index contributed by atoms with van der Waals surface area (Å²) in [6.45, 7) is 8.09. The summed E-state index contributed by atoms with van der Waals surface area (Å²) >= 11 is 0. The van der Waals surface area contributed by atoms with Gasteiger partial charge in [-0.1, -0.05) is 32.9 Å². The lowest BCUT2D eigenvalue weighted by atomic mass is 9.71. The van der Waals surface area contributed by atoms with E-state index in [9.17, 15) is 9.90 Å². The number of carbonyl (C=O) groups is 1. The molecule has 1 unspecified atom stereocenters. The standard InChI is InChI=1S/C19H26N2O2/c1-19(2,3)12-7-8-16-15(11-12)13-5-4-6-14(18(22)23)17(13)21(16)10-9-20/h4-6,12H,7-11,20H2,1-3H3,(H,22,23). The highest BCUT2D eigenvalue weighted by Gasteiger charge is 2.32. The van der Waals surface area contributed by atoms with Crippen molar-refractivity contribution in [2.24, 2.45) is 17.1 Å². The van der Waals surface area contributed by atoms with Crippen molar-refractivity contribution in [3.05, 3.63) is 35.0 Å². The second-order valence-corrected chi connectivity index (χ2v) is 7.68. The minimum atomic E-state index is -0.865. The molecule has 1 aromatic heterocycles. The van der Waals surface area contributed by atoms with Gasteiger partial charge in [0.25, 0.3) is 0 Å². The molecule has 0 fully saturated rings. The quantitative estimate of drug-likeness (QED) is 0.911. The Morgan fingerprint density at radius 2 is 2.13 bits per heavy atom. The fourth-order valence-corrected chi connectivity index (χ4v) is 3.99. The Bertz CT molecular complexity index is 753. The number of benzene rings is 1. The summed E-state index contributed by atoms with van der Waals surface area (Å²) in [5, 5.41) is 10.7. The Kier molecular flexibility index (Phi) is 3.96. The van der Waals surface area contributed by atoms with Crippen molar-refractivity contribution < 1.29 is 9.90 Å². The molecule has 1 aliphatic rings. The van der Waals surface area contributed by atoms with Crippen LogP contribution in [0.4, 0.5) is 0 Å². The zero-order chi connectivity index (χ0) is 16.8. The van der Waals surface area contributed by atoms with Gasteiger partial charge in [-0.25, -0.2) is 4.79 Å². The van der Waals surface area contributed by atoms with Crippen LogP contribution in [0.2, 0.25) is 0 Å². The highest BCUT2D eigenvalue weighted by atomic mass is 16.4. The normalized spacial score (nSPS) is 18.2.